The summed E-state index contributed by atoms with van der Waals surface area (Å²) in [6.45, 7) is 13.5. The Morgan fingerprint density at radius 3 is 1.23 bits per heavy atom. The molecule has 4 aromatic rings. The van der Waals surface area contributed by atoms with Gasteiger partial charge < -0.3 is 37.2 Å². The number of benzene rings is 4. The number of hydrogen-bond donors (Lipinski definition) is 0. The molecule has 0 bridgehead atoms. The molecular weight excluding hydrogens is 603 g/mol. The van der Waals surface area contributed by atoms with Crippen LogP contribution in [0.25, 0.3) is 5.57 Å². The van der Waals surface area contributed by atoms with Gasteiger partial charge in [-0.15, -0.1) is 0 Å². The van der Waals surface area contributed by atoms with Crippen LogP contribution in [0.1, 0.15) is 45.4 Å². The molecule has 0 saturated carbocycles. The third-order valence-corrected chi connectivity index (χ3v) is 13.7. The van der Waals surface area contributed by atoms with Gasteiger partial charge in [0.1, 0.15) is 0 Å². The molecule has 4 aromatic carbocycles. The Bertz CT molecular complexity index is 1390. The molecule has 5 rings (SSSR count). The first kappa shape index (κ1) is 34.4. The van der Waals surface area contributed by atoms with Gasteiger partial charge in [-0.25, -0.2) is 0 Å². The molecule has 0 fully saturated rings. The van der Waals surface area contributed by atoms with E-state index in [0.29, 0.717) is 0 Å². The first-order valence-electron chi connectivity index (χ1n) is 13.2. The van der Waals surface area contributed by atoms with Crippen molar-refractivity contribution in [3.05, 3.63) is 139 Å². The van der Waals surface area contributed by atoms with Crippen LogP contribution < -0.4 is 52.8 Å². The Kier molecular flexibility index (Phi) is 11.9. The molecule has 0 atom stereocenters. The second kappa shape index (κ2) is 13.9. The summed E-state index contributed by atoms with van der Waals surface area (Å²) in [4.78, 5) is 0. The number of aryl methyl sites for hydroxylation is 6. The molecule has 204 valence electrons. The van der Waals surface area contributed by atoms with Gasteiger partial charge in [0, 0.05) is 0 Å². The average molecular weight is 638 g/mol. The summed E-state index contributed by atoms with van der Waals surface area (Å²) in [5.41, 5.74) is 10.8. The van der Waals surface area contributed by atoms with Gasteiger partial charge in [0.15, 0.2) is 0 Å². The summed E-state index contributed by atoms with van der Waals surface area (Å²) in [6, 6.07) is 32.8. The van der Waals surface area contributed by atoms with Crippen LogP contribution in [0.5, 0.6) is 0 Å². The Labute approximate surface area is 272 Å². The molecule has 0 spiro atoms. The fourth-order valence-electron chi connectivity index (χ4n) is 6.39. The van der Waals surface area contributed by atoms with Gasteiger partial charge in [0.05, 0.1) is 0 Å². The van der Waals surface area contributed by atoms with E-state index in [4.69, 9.17) is 0 Å². The first-order valence-corrected chi connectivity index (χ1v) is 15.9. The van der Waals surface area contributed by atoms with E-state index in [2.05, 4.69) is 153 Å². The van der Waals surface area contributed by atoms with Gasteiger partial charge in [-0.2, -0.15) is 0 Å². The maximum atomic E-state index is 2.48. The van der Waals surface area contributed by atoms with E-state index in [1.165, 1.54) is 64.0 Å². The van der Waals surface area contributed by atoms with Crippen molar-refractivity contribution in [1.82, 2.24) is 0 Å². The topological polar surface area (TPSA) is 0 Å². The number of allylic oxidation sites excluding steroid dienone is 4. The minimum atomic E-state index is -2.59. The van der Waals surface area contributed by atoms with Crippen LogP contribution in [0.3, 0.4) is 0 Å². The van der Waals surface area contributed by atoms with Crippen LogP contribution in [0.2, 0.25) is 0 Å². The van der Waals surface area contributed by atoms with Crippen molar-refractivity contribution >= 4 is 29.2 Å². The van der Waals surface area contributed by atoms with E-state index in [0.717, 1.165) is 6.42 Å². The molecule has 0 aromatic heterocycles. The third kappa shape index (κ3) is 6.46. The van der Waals surface area contributed by atoms with Crippen molar-refractivity contribution in [2.75, 3.05) is 0 Å². The van der Waals surface area contributed by atoms with Gasteiger partial charge in [0.25, 0.3) is 0 Å². The number of rotatable bonds is 5. The van der Waals surface area contributed by atoms with Gasteiger partial charge in [-0.3, -0.25) is 0 Å². The summed E-state index contributed by atoms with van der Waals surface area (Å²) >= 11 is 2.37. The normalized spacial score (nSPS) is 12.8. The minimum Gasteiger partial charge on any atom is -1.00 e. The maximum Gasteiger partial charge on any atom is -1.00 e. The van der Waals surface area contributed by atoms with Crippen molar-refractivity contribution in [3.8, 4) is 0 Å². The smallest absolute Gasteiger partial charge is 1.00 e. The predicted molar refractivity (Wildman–Crippen MR) is 158 cm³/mol. The van der Waals surface area contributed by atoms with Crippen LogP contribution in [0.15, 0.2) is 100 Å². The van der Waals surface area contributed by atoms with Crippen molar-refractivity contribution < 1.29 is 57.7 Å². The summed E-state index contributed by atoms with van der Waals surface area (Å²) in [5.74, 6) is 0. The summed E-state index contributed by atoms with van der Waals surface area (Å²) in [7, 11) is -2.59. The van der Waals surface area contributed by atoms with Crippen molar-refractivity contribution in [1.29, 1.82) is 0 Å². The Morgan fingerprint density at radius 2 is 0.875 bits per heavy atom. The Balaban J connectivity index is 0.00000187. The van der Waals surface area contributed by atoms with Gasteiger partial charge in [-0.05, 0) is 0 Å². The van der Waals surface area contributed by atoms with Crippen LogP contribution in [-0.2, 0) is 20.4 Å². The first-order chi connectivity index (χ1) is 17.7. The molecule has 1 aliphatic carbocycles. The van der Waals surface area contributed by atoms with Crippen LogP contribution in [-0.4, -0.2) is 8.07 Å². The molecule has 0 N–H and O–H groups in total. The van der Waals surface area contributed by atoms with E-state index < -0.39 is 8.07 Å². The molecule has 1 aliphatic rings. The second-order valence-corrected chi connectivity index (χ2v) is 15.5. The zero-order valence-electron chi connectivity index (χ0n) is 24.0. The van der Waals surface area contributed by atoms with Crippen LogP contribution >= 0.6 is 0 Å². The van der Waals surface area contributed by atoms with Gasteiger partial charge >= 0.3 is 237 Å². The summed E-state index contributed by atoms with van der Waals surface area (Å²) < 4.78 is 1.45. The molecule has 0 nitrogen and oxygen atoms in total. The Morgan fingerprint density at radius 1 is 0.525 bits per heavy atom. The standard InChI is InChI=1S/C35H35Si.3ClH.Ti/c1-24-14-25(2)18-33(17-24)36(34-19-26(3)15-27(4)20-34,35-21-28(5)16-29(6)22-35)32-13-12-31(23-32)30-10-8-7-9-11-30;;;;/h7-12,14-22H,13H2,1-6H3;3*1H;/q;;;;+3/p-3. The van der Waals surface area contributed by atoms with Gasteiger partial charge in [0.2, 0.25) is 0 Å². The average Bonchev–Trinajstić information content (AvgIpc) is 3.20. The van der Waals surface area contributed by atoms with Crippen LogP contribution in [0, 0.1) is 41.5 Å². The van der Waals surface area contributed by atoms with Crippen molar-refractivity contribution in [3.63, 3.8) is 0 Å². The summed E-state index contributed by atoms with van der Waals surface area (Å²) in [6.07, 6.45) is 3.48. The number of halogens is 3. The second-order valence-electron chi connectivity index (χ2n) is 10.9. The Hall–Kier alpha value is -1.84. The fourth-order valence-corrected chi connectivity index (χ4v) is 13.4. The molecule has 0 saturated heterocycles. The minimum absolute atomic E-state index is 0. The molecule has 0 aliphatic heterocycles. The monoisotopic (exact) mass is 636 g/mol. The van der Waals surface area contributed by atoms with Gasteiger partial charge in [-0.1, -0.05) is 0 Å². The molecule has 0 heterocycles. The van der Waals surface area contributed by atoms with Crippen molar-refractivity contribution in [2.45, 2.75) is 48.0 Å². The molecule has 0 radical (unpaired) electrons. The van der Waals surface area contributed by atoms with E-state index >= 15 is 0 Å². The molecule has 5 heteroatoms. The SMILES string of the molecule is Cc1cc(C)cc([Si](C2=[C]([Ti+3])C(c3ccccc3)=CC2)(c2cc(C)cc(C)c2)c2cc(C)cc(C)c2)c1.[Cl-].[Cl-].[Cl-]. The van der Waals surface area contributed by atoms with E-state index in [1.54, 1.807) is 5.20 Å². The molecule has 0 unspecified atom stereocenters. The third-order valence-electron chi connectivity index (χ3n) is 7.58. The van der Waals surface area contributed by atoms with E-state index in [-0.39, 0.29) is 37.2 Å². The quantitative estimate of drug-likeness (QED) is 0.173. The molecular formula is C35H35Cl3SiTi. The molecule has 40 heavy (non-hydrogen) atoms. The predicted octanol–water partition coefficient (Wildman–Crippen LogP) is -2.15. The van der Waals surface area contributed by atoms with Crippen LogP contribution in [0.4, 0.5) is 0 Å². The van der Waals surface area contributed by atoms with E-state index in [1.807, 2.05) is 0 Å². The maximum absolute atomic E-state index is 2.59. The largest absolute Gasteiger partial charge is 1.00 e. The zero-order chi connectivity index (χ0) is 26.3. The zero-order valence-corrected chi connectivity index (χ0v) is 28.8. The molecule has 0 amide bonds. The fraction of sp³-hybridized carbons (Fsp3) is 0.200. The number of hydrogen-bond acceptors (Lipinski definition) is 0. The van der Waals surface area contributed by atoms with Crippen molar-refractivity contribution in [2.24, 2.45) is 0 Å². The summed E-state index contributed by atoms with van der Waals surface area (Å²) in [5, 5.41) is 6.11. The van der Waals surface area contributed by atoms with E-state index in [9.17, 15) is 0 Å².